The van der Waals surface area contributed by atoms with Gasteiger partial charge in [0.05, 0.1) is 17.7 Å². The Morgan fingerprint density at radius 2 is 2.08 bits per heavy atom. The number of fused-ring (bicyclic) bond motifs is 1. The van der Waals surface area contributed by atoms with Gasteiger partial charge in [-0.3, -0.25) is 14.4 Å². The smallest absolute Gasteiger partial charge is 0.170 e. The number of Topliss-reactive ketones (excluding diaryl/α,β-unsaturated/α-hetero) is 1. The number of benzene rings is 1. The summed E-state index contributed by atoms with van der Waals surface area (Å²) in [7, 11) is 1.96. The van der Waals surface area contributed by atoms with Crippen LogP contribution in [-0.2, 0) is 13.6 Å². The van der Waals surface area contributed by atoms with E-state index in [0.29, 0.717) is 22.8 Å². The van der Waals surface area contributed by atoms with E-state index < -0.39 is 0 Å². The highest BCUT2D eigenvalue weighted by molar-refractivity contribution is 6.30. The minimum absolute atomic E-state index is 0.160. The maximum Gasteiger partial charge on any atom is 0.170 e. The second-order valence-corrected chi connectivity index (χ2v) is 7.18. The molecule has 4 rings (SSSR count). The summed E-state index contributed by atoms with van der Waals surface area (Å²) < 4.78 is 8.18. The maximum absolute atomic E-state index is 12.5. The van der Waals surface area contributed by atoms with Crippen LogP contribution < -0.4 is 4.74 Å². The Morgan fingerprint density at radius 3 is 2.79 bits per heavy atom. The minimum atomic E-state index is -0.377. The van der Waals surface area contributed by atoms with E-state index in [1.807, 2.05) is 24.0 Å². The number of ether oxygens (including phenoxy) is 1. The van der Waals surface area contributed by atoms with Gasteiger partial charge in [0.2, 0.25) is 0 Å². The van der Waals surface area contributed by atoms with Crippen LogP contribution in [0.1, 0.15) is 35.3 Å². The van der Waals surface area contributed by atoms with Gasteiger partial charge >= 0.3 is 0 Å². The number of hydrogen-bond donors (Lipinski definition) is 0. The first-order chi connectivity index (χ1) is 11.5. The third kappa shape index (κ3) is 2.82. The van der Waals surface area contributed by atoms with Gasteiger partial charge in [-0.25, -0.2) is 0 Å². The Hall–Kier alpha value is -1.85. The molecule has 0 N–H and O–H groups in total. The lowest BCUT2D eigenvalue weighted by Gasteiger charge is -2.44. The van der Waals surface area contributed by atoms with E-state index in [-0.39, 0.29) is 11.4 Å². The quantitative estimate of drug-likeness (QED) is 0.839. The Labute approximate surface area is 146 Å². The van der Waals surface area contributed by atoms with Crippen LogP contribution in [-0.4, -0.2) is 39.2 Å². The zero-order valence-electron chi connectivity index (χ0n) is 13.7. The van der Waals surface area contributed by atoms with E-state index in [0.717, 1.165) is 32.5 Å². The number of rotatable bonds is 2. The number of aryl methyl sites for hydroxylation is 1. The predicted octanol–water partition coefficient (Wildman–Crippen LogP) is 3.07. The SMILES string of the molecule is Cn1nccc1CN1CCC2(CC1)CC(=O)c1ccc(Cl)cc1O2. The maximum atomic E-state index is 12.5. The summed E-state index contributed by atoms with van der Waals surface area (Å²) in [6.45, 7) is 2.70. The highest BCUT2D eigenvalue weighted by atomic mass is 35.5. The zero-order chi connectivity index (χ0) is 16.7. The van der Waals surface area contributed by atoms with Gasteiger partial charge < -0.3 is 4.74 Å². The van der Waals surface area contributed by atoms with E-state index >= 15 is 0 Å². The van der Waals surface area contributed by atoms with Crippen molar-refractivity contribution < 1.29 is 9.53 Å². The fourth-order valence-corrected chi connectivity index (χ4v) is 3.81. The minimum Gasteiger partial charge on any atom is -0.486 e. The lowest BCUT2D eigenvalue weighted by molar-refractivity contribution is -0.0111. The van der Waals surface area contributed by atoms with Crippen molar-refractivity contribution in [3.05, 3.63) is 46.7 Å². The Balaban J connectivity index is 1.47. The molecule has 0 aliphatic carbocycles. The second-order valence-electron chi connectivity index (χ2n) is 6.75. The predicted molar refractivity (Wildman–Crippen MR) is 91.5 cm³/mol. The van der Waals surface area contributed by atoms with Crippen LogP contribution in [0, 0.1) is 0 Å². The summed E-state index contributed by atoms with van der Waals surface area (Å²) >= 11 is 6.06. The largest absolute Gasteiger partial charge is 0.486 e. The average Bonchev–Trinajstić information content (AvgIpc) is 2.94. The number of ketones is 1. The van der Waals surface area contributed by atoms with Crippen molar-refractivity contribution in [2.24, 2.45) is 7.05 Å². The molecule has 1 aromatic heterocycles. The van der Waals surface area contributed by atoms with Crippen LogP contribution in [0.2, 0.25) is 5.02 Å². The number of halogens is 1. The van der Waals surface area contributed by atoms with E-state index in [4.69, 9.17) is 16.3 Å². The highest BCUT2D eigenvalue weighted by Crippen LogP contribution is 2.40. The first kappa shape index (κ1) is 15.7. The number of aromatic nitrogens is 2. The van der Waals surface area contributed by atoms with Gasteiger partial charge in [0.25, 0.3) is 0 Å². The highest BCUT2D eigenvalue weighted by Gasteiger charge is 2.42. The standard InChI is InChI=1S/C18H20ClN3O2/c1-21-14(4-7-20-21)12-22-8-5-18(6-9-22)11-16(23)15-3-2-13(19)10-17(15)24-18/h2-4,7,10H,5-6,8-9,11-12H2,1H3. The molecule has 0 atom stereocenters. The topological polar surface area (TPSA) is 47.4 Å². The fourth-order valence-electron chi connectivity index (χ4n) is 3.65. The normalized spacial score (nSPS) is 20.0. The van der Waals surface area contributed by atoms with Crippen LogP contribution in [0.5, 0.6) is 5.75 Å². The molecule has 0 bridgehead atoms. The van der Waals surface area contributed by atoms with Crippen molar-refractivity contribution in [1.29, 1.82) is 0 Å². The second kappa shape index (κ2) is 5.90. The molecule has 0 saturated carbocycles. The summed E-state index contributed by atoms with van der Waals surface area (Å²) in [5.41, 5.74) is 1.48. The van der Waals surface area contributed by atoms with E-state index in [9.17, 15) is 4.79 Å². The van der Waals surface area contributed by atoms with Gasteiger partial charge in [0.15, 0.2) is 5.78 Å². The van der Waals surface area contributed by atoms with E-state index in [1.165, 1.54) is 5.69 Å². The lowest BCUT2D eigenvalue weighted by Crippen LogP contribution is -2.50. The summed E-state index contributed by atoms with van der Waals surface area (Å²) in [6, 6.07) is 7.32. The molecule has 1 aromatic carbocycles. The number of likely N-dealkylation sites (tertiary alicyclic amines) is 1. The molecule has 24 heavy (non-hydrogen) atoms. The van der Waals surface area contributed by atoms with Gasteiger partial charge in [-0.05, 0) is 24.3 Å². The number of nitrogens with zero attached hydrogens (tertiary/aromatic N) is 3. The lowest BCUT2D eigenvalue weighted by atomic mass is 9.82. The molecule has 2 aliphatic rings. The first-order valence-corrected chi connectivity index (χ1v) is 8.63. The molecule has 126 valence electrons. The Bertz CT molecular complexity index is 778. The van der Waals surface area contributed by atoms with Crippen molar-refractivity contribution in [1.82, 2.24) is 14.7 Å². The monoisotopic (exact) mass is 345 g/mol. The summed E-state index contributed by atoms with van der Waals surface area (Å²) in [4.78, 5) is 14.9. The van der Waals surface area contributed by atoms with Gasteiger partial charge in [0, 0.05) is 50.7 Å². The molecule has 1 spiro atoms. The molecule has 5 nitrogen and oxygen atoms in total. The number of hydrogen-bond acceptors (Lipinski definition) is 4. The first-order valence-electron chi connectivity index (χ1n) is 8.26. The molecule has 1 saturated heterocycles. The van der Waals surface area contributed by atoms with Crippen LogP contribution in [0.3, 0.4) is 0 Å². The van der Waals surface area contributed by atoms with Crippen LogP contribution in [0.15, 0.2) is 30.5 Å². The molecular weight excluding hydrogens is 326 g/mol. The molecule has 3 heterocycles. The van der Waals surface area contributed by atoms with Gasteiger partial charge in [-0.2, -0.15) is 5.10 Å². The van der Waals surface area contributed by atoms with Gasteiger partial charge in [0.1, 0.15) is 11.4 Å². The van der Waals surface area contributed by atoms with Crippen LogP contribution >= 0.6 is 11.6 Å². The Morgan fingerprint density at radius 1 is 1.29 bits per heavy atom. The van der Waals surface area contributed by atoms with E-state index in [2.05, 4.69) is 10.00 Å². The van der Waals surface area contributed by atoms with Crippen molar-refractivity contribution in [2.45, 2.75) is 31.4 Å². The molecule has 6 heteroatoms. The van der Waals surface area contributed by atoms with Crippen molar-refractivity contribution in [3.63, 3.8) is 0 Å². The number of carbonyl (C=O) groups excluding carboxylic acids is 1. The molecule has 0 amide bonds. The average molecular weight is 346 g/mol. The van der Waals surface area contributed by atoms with E-state index in [1.54, 1.807) is 18.2 Å². The molecule has 0 unspecified atom stereocenters. The molecule has 2 aromatic rings. The summed E-state index contributed by atoms with van der Waals surface area (Å²) in [5.74, 6) is 0.798. The molecular formula is C18H20ClN3O2. The number of carbonyl (C=O) groups is 1. The molecule has 1 fully saturated rings. The van der Waals surface area contributed by atoms with Crippen LogP contribution in [0.25, 0.3) is 0 Å². The molecule has 2 aliphatic heterocycles. The third-order valence-corrected chi connectivity index (χ3v) is 5.36. The van der Waals surface area contributed by atoms with Gasteiger partial charge in [-0.15, -0.1) is 0 Å². The Kier molecular flexibility index (Phi) is 3.85. The third-order valence-electron chi connectivity index (χ3n) is 5.13. The van der Waals surface area contributed by atoms with Crippen LogP contribution in [0.4, 0.5) is 0 Å². The van der Waals surface area contributed by atoms with Gasteiger partial charge in [-0.1, -0.05) is 11.6 Å². The summed E-state index contributed by atoms with van der Waals surface area (Å²) in [5, 5.41) is 4.82. The summed E-state index contributed by atoms with van der Waals surface area (Å²) in [6.07, 6.45) is 3.98. The van der Waals surface area contributed by atoms with Crippen molar-refractivity contribution in [3.8, 4) is 5.75 Å². The number of piperidine rings is 1. The van der Waals surface area contributed by atoms with Crippen molar-refractivity contribution >= 4 is 17.4 Å². The molecule has 0 radical (unpaired) electrons. The van der Waals surface area contributed by atoms with Crippen molar-refractivity contribution in [2.75, 3.05) is 13.1 Å². The zero-order valence-corrected chi connectivity index (χ0v) is 14.4. The fraction of sp³-hybridized carbons (Fsp3) is 0.444.